The Morgan fingerprint density at radius 3 is 3.22 bits per heavy atom. The molecule has 4 nitrogen and oxygen atoms in total. The van der Waals surface area contributed by atoms with Crippen LogP contribution in [0.1, 0.15) is 13.3 Å². The first kappa shape index (κ1) is 12.1. The highest BCUT2D eigenvalue weighted by molar-refractivity contribution is 7.71. The summed E-state index contributed by atoms with van der Waals surface area (Å²) < 4.78 is 8.40. The van der Waals surface area contributed by atoms with Crippen molar-refractivity contribution in [1.29, 1.82) is 0 Å². The average Bonchev–Trinajstić information content (AvgIpc) is 3.04. The normalized spacial score (nSPS) is 23.6. The van der Waals surface area contributed by atoms with Crippen molar-refractivity contribution in [3.63, 3.8) is 0 Å². The van der Waals surface area contributed by atoms with E-state index in [4.69, 9.17) is 17.0 Å². The largest absolute Gasteiger partial charge is 0.378 e. The van der Waals surface area contributed by atoms with Gasteiger partial charge in [0.25, 0.3) is 0 Å². The minimum atomic E-state index is 0.304. The molecule has 0 amide bonds. The molecule has 3 rings (SSSR count). The summed E-state index contributed by atoms with van der Waals surface area (Å²) in [5, 5.41) is 9.29. The van der Waals surface area contributed by atoms with E-state index in [9.17, 15) is 0 Å². The van der Waals surface area contributed by atoms with Crippen LogP contribution in [0.15, 0.2) is 17.5 Å². The number of nitrogens with one attached hydrogen (secondary N) is 1. The second-order valence-electron chi connectivity index (χ2n) is 4.56. The van der Waals surface area contributed by atoms with Crippen molar-refractivity contribution in [2.45, 2.75) is 26.0 Å². The van der Waals surface area contributed by atoms with Gasteiger partial charge >= 0.3 is 0 Å². The molecular weight excluding hydrogens is 266 g/mol. The van der Waals surface area contributed by atoms with Gasteiger partial charge in [-0.3, -0.25) is 9.67 Å². The van der Waals surface area contributed by atoms with E-state index in [1.54, 1.807) is 11.3 Å². The maximum atomic E-state index is 5.61. The van der Waals surface area contributed by atoms with Gasteiger partial charge in [0.15, 0.2) is 10.6 Å². The molecule has 2 aromatic heterocycles. The molecule has 2 aromatic rings. The van der Waals surface area contributed by atoms with E-state index in [0.29, 0.717) is 16.8 Å². The Labute approximate surface area is 115 Å². The molecular formula is C12H15N3OS2. The Morgan fingerprint density at radius 1 is 1.67 bits per heavy atom. The van der Waals surface area contributed by atoms with Gasteiger partial charge in [-0.15, -0.1) is 11.3 Å². The fourth-order valence-electron chi connectivity index (χ4n) is 2.33. The highest BCUT2D eigenvalue weighted by atomic mass is 32.1. The quantitative estimate of drug-likeness (QED) is 0.879. The zero-order chi connectivity index (χ0) is 12.5. The van der Waals surface area contributed by atoms with Crippen LogP contribution in [0, 0.1) is 10.7 Å². The van der Waals surface area contributed by atoms with Crippen molar-refractivity contribution in [1.82, 2.24) is 14.8 Å². The average molecular weight is 281 g/mol. The molecule has 2 atom stereocenters. The van der Waals surface area contributed by atoms with Crippen molar-refractivity contribution < 1.29 is 4.74 Å². The van der Waals surface area contributed by atoms with Gasteiger partial charge in [0, 0.05) is 19.1 Å². The molecule has 0 aliphatic carbocycles. The summed E-state index contributed by atoms with van der Waals surface area (Å²) in [6.07, 6.45) is 1.40. The summed E-state index contributed by atoms with van der Waals surface area (Å²) in [4.78, 5) is 1.15. The summed E-state index contributed by atoms with van der Waals surface area (Å²) in [6, 6.07) is 4.10. The Hall–Kier alpha value is -0.980. The molecule has 1 aliphatic heterocycles. The number of ether oxygens (including phenoxy) is 1. The lowest BCUT2D eigenvalue weighted by molar-refractivity contribution is 0.102. The maximum absolute atomic E-state index is 5.61. The van der Waals surface area contributed by atoms with Gasteiger partial charge in [0.05, 0.1) is 11.0 Å². The van der Waals surface area contributed by atoms with Crippen molar-refractivity contribution in [3.05, 3.63) is 22.3 Å². The highest BCUT2D eigenvalue weighted by Gasteiger charge is 2.26. The van der Waals surface area contributed by atoms with E-state index >= 15 is 0 Å². The maximum Gasteiger partial charge on any atom is 0.195 e. The molecule has 18 heavy (non-hydrogen) atoms. The van der Waals surface area contributed by atoms with Crippen LogP contribution in [-0.2, 0) is 11.3 Å². The number of hydrogen-bond acceptors (Lipinski definition) is 4. The summed E-state index contributed by atoms with van der Waals surface area (Å²) >= 11 is 7.01. The predicted octanol–water partition coefficient (Wildman–Crippen LogP) is 3.09. The van der Waals surface area contributed by atoms with Crippen LogP contribution in [0.5, 0.6) is 0 Å². The third-order valence-corrected chi connectivity index (χ3v) is 4.63. The van der Waals surface area contributed by atoms with Gasteiger partial charge in [-0.1, -0.05) is 6.07 Å². The predicted molar refractivity (Wildman–Crippen MR) is 74.2 cm³/mol. The van der Waals surface area contributed by atoms with Crippen molar-refractivity contribution >= 4 is 23.6 Å². The van der Waals surface area contributed by atoms with Crippen molar-refractivity contribution in [3.8, 4) is 10.7 Å². The van der Waals surface area contributed by atoms with Crippen LogP contribution < -0.4 is 0 Å². The van der Waals surface area contributed by atoms with Crippen molar-refractivity contribution in [2.75, 3.05) is 6.61 Å². The Bertz CT molecular complexity index is 572. The molecule has 0 spiro atoms. The minimum absolute atomic E-state index is 0.304. The molecule has 0 aromatic carbocycles. The van der Waals surface area contributed by atoms with E-state index in [1.807, 2.05) is 6.07 Å². The topological polar surface area (TPSA) is 42.8 Å². The molecule has 6 heteroatoms. The van der Waals surface area contributed by atoms with Crippen LogP contribution in [-0.4, -0.2) is 27.5 Å². The number of H-pyrrole nitrogens is 1. The molecule has 1 N–H and O–H groups in total. The van der Waals surface area contributed by atoms with E-state index in [2.05, 4.69) is 33.1 Å². The summed E-state index contributed by atoms with van der Waals surface area (Å²) in [6.45, 7) is 3.86. The van der Waals surface area contributed by atoms with Crippen LogP contribution in [0.2, 0.25) is 0 Å². The Balaban J connectivity index is 1.92. The molecule has 96 valence electrons. The summed E-state index contributed by atoms with van der Waals surface area (Å²) in [7, 11) is 0. The summed E-state index contributed by atoms with van der Waals surface area (Å²) in [5.41, 5.74) is 0. The van der Waals surface area contributed by atoms with Crippen LogP contribution in [0.25, 0.3) is 10.7 Å². The standard InChI is InChI=1S/C12H15N3OS2/c1-8-9(4-5-16-8)7-15-11(13-14-12(15)17)10-3-2-6-18-10/h2-3,6,8-9H,4-5,7H2,1H3,(H,14,17). The molecule has 0 radical (unpaired) electrons. The Kier molecular flexibility index (Phi) is 3.32. The fourth-order valence-corrected chi connectivity index (χ4v) is 3.26. The van der Waals surface area contributed by atoms with Gasteiger partial charge in [0.2, 0.25) is 0 Å². The smallest absolute Gasteiger partial charge is 0.195 e. The molecule has 2 unspecified atom stereocenters. The second-order valence-corrected chi connectivity index (χ2v) is 5.90. The molecule has 3 heterocycles. The van der Waals surface area contributed by atoms with E-state index in [0.717, 1.165) is 30.3 Å². The third-order valence-electron chi connectivity index (χ3n) is 3.45. The summed E-state index contributed by atoms with van der Waals surface area (Å²) in [5.74, 6) is 1.46. The fraction of sp³-hybridized carbons (Fsp3) is 0.500. The first-order valence-electron chi connectivity index (χ1n) is 6.06. The minimum Gasteiger partial charge on any atom is -0.378 e. The molecule has 1 aliphatic rings. The van der Waals surface area contributed by atoms with Gasteiger partial charge < -0.3 is 4.74 Å². The van der Waals surface area contributed by atoms with Crippen LogP contribution in [0.3, 0.4) is 0 Å². The molecule has 0 saturated carbocycles. The molecule has 0 bridgehead atoms. The lowest BCUT2D eigenvalue weighted by Crippen LogP contribution is -2.18. The number of nitrogens with zero attached hydrogens (tertiary/aromatic N) is 2. The SMILES string of the molecule is CC1OCCC1Cn1c(-c2cccs2)n[nH]c1=S. The van der Waals surface area contributed by atoms with Crippen LogP contribution in [0.4, 0.5) is 0 Å². The van der Waals surface area contributed by atoms with E-state index in [-0.39, 0.29) is 0 Å². The number of thiophene rings is 1. The number of aromatic amines is 1. The van der Waals surface area contributed by atoms with E-state index < -0.39 is 0 Å². The number of rotatable bonds is 3. The number of aromatic nitrogens is 3. The second kappa shape index (κ2) is 4.95. The van der Waals surface area contributed by atoms with Crippen LogP contribution >= 0.6 is 23.6 Å². The zero-order valence-corrected chi connectivity index (χ0v) is 11.8. The first-order chi connectivity index (χ1) is 8.75. The first-order valence-corrected chi connectivity index (χ1v) is 7.35. The lowest BCUT2D eigenvalue weighted by atomic mass is 10.0. The van der Waals surface area contributed by atoms with Crippen molar-refractivity contribution in [2.24, 2.45) is 5.92 Å². The third kappa shape index (κ3) is 2.15. The van der Waals surface area contributed by atoms with Gasteiger partial charge in [0.1, 0.15) is 0 Å². The lowest BCUT2D eigenvalue weighted by Gasteiger charge is -2.15. The zero-order valence-electron chi connectivity index (χ0n) is 10.1. The molecule has 1 fully saturated rings. The monoisotopic (exact) mass is 281 g/mol. The van der Waals surface area contributed by atoms with Gasteiger partial charge in [-0.25, -0.2) is 0 Å². The number of hydrogen-bond donors (Lipinski definition) is 1. The van der Waals surface area contributed by atoms with Gasteiger partial charge in [-0.05, 0) is 37.0 Å². The molecule has 1 saturated heterocycles. The highest BCUT2D eigenvalue weighted by Crippen LogP contribution is 2.27. The Morgan fingerprint density at radius 2 is 2.56 bits per heavy atom. The van der Waals surface area contributed by atoms with E-state index in [1.165, 1.54) is 0 Å². The van der Waals surface area contributed by atoms with Gasteiger partial charge in [-0.2, -0.15) is 5.10 Å².